The van der Waals surface area contributed by atoms with Gasteiger partial charge in [0.05, 0.1) is 22.0 Å². The van der Waals surface area contributed by atoms with Gasteiger partial charge in [0.15, 0.2) is 0 Å². The maximum absolute atomic E-state index is 12.5. The molecule has 0 saturated heterocycles. The third-order valence-corrected chi connectivity index (χ3v) is 7.86. The van der Waals surface area contributed by atoms with E-state index < -0.39 is 10.0 Å². The minimum Gasteiger partial charge on any atom is -0.326 e. The molecule has 1 aromatic heterocycles. The first-order chi connectivity index (χ1) is 14.8. The van der Waals surface area contributed by atoms with E-state index in [0.717, 1.165) is 10.6 Å². The summed E-state index contributed by atoms with van der Waals surface area (Å²) in [5.41, 5.74) is 2.30. The lowest BCUT2D eigenvalue weighted by Crippen LogP contribution is -2.30. The van der Waals surface area contributed by atoms with Gasteiger partial charge < -0.3 is 5.32 Å². The number of sulfonamides is 1. The van der Waals surface area contributed by atoms with Crippen molar-refractivity contribution in [3.05, 3.63) is 75.2 Å². The number of nitrogens with one attached hydrogen (secondary N) is 1. The Morgan fingerprint density at radius 2 is 1.84 bits per heavy atom. The first-order valence-electron chi connectivity index (χ1n) is 9.89. The van der Waals surface area contributed by atoms with Gasteiger partial charge in [-0.05, 0) is 42.0 Å². The zero-order valence-corrected chi connectivity index (χ0v) is 19.7. The monoisotopic (exact) mass is 477 g/mol. The van der Waals surface area contributed by atoms with E-state index in [-0.39, 0.29) is 17.2 Å². The van der Waals surface area contributed by atoms with Gasteiger partial charge in [0, 0.05) is 35.6 Å². The number of anilines is 1. The van der Waals surface area contributed by atoms with Crippen LogP contribution in [0.4, 0.5) is 5.69 Å². The van der Waals surface area contributed by atoms with Gasteiger partial charge in [0.25, 0.3) is 0 Å². The van der Waals surface area contributed by atoms with Gasteiger partial charge in [-0.15, -0.1) is 11.3 Å². The van der Waals surface area contributed by atoms with Crippen LogP contribution in [0.15, 0.2) is 58.8 Å². The molecule has 0 spiro atoms. The highest BCUT2D eigenvalue weighted by molar-refractivity contribution is 7.89. The number of amides is 1. The fourth-order valence-electron chi connectivity index (χ4n) is 3.13. The molecule has 9 heteroatoms. The van der Waals surface area contributed by atoms with Crippen molar-refractivity contribution in [2.24, 2.45) is 0 Å². The second-order valence-electron chi connectivity index (χ2n) is 6.88. The van der Waals surface area contributed by atoms with Crippen LogP contribution in [0.1, 0.15) is 30.1 Å². The third-order valence-electron chi connectivity index (χ3n) is 4.67. The summed E-state index contributed by atoms with van der Waals surface area (Å²) in [6, 6.07) is 13.8. The largest absolute Gasteiger partial charge is 0.326 e. The van der Waals surface area contributed by atoms with E-state index in [0.29, 0.717) is 35.9 Å². The summed E-state index contributed by atoms with van der Waals surface area (Å²) in [7, 11) is -3.52. The molecule has 31 heavy (non-hydrogen) atoms. The van der Waals surface area contributed by atoms with Gasteiger partial charge in [0.2, 0.25) is 15.9 Å². The Kier molecular flexibility index (Phi) is 7.83. The number of thiazole rings is 1. The van der Waals surface area contributed by atoms with Crippen LogP contribution >= 0.6 is 22.9 Å². The van der Waals surface area contributed by atoms with Crippen molar-refractivity contribution in [1.29, 1.82) is 0 Å². The SMILES string of the molecule is CCN(CC)S(=O)(=O)c1ccc(NC(=O)Cc2csc(Cc3cccc(Cl)c3)n2)cc1. The molecule has 2 aromatic carbocycles. The molecule has 3 rings (SSSR count). The smallest absolute Gasteiger partial charge is 0.243 e. The van der Waals surface area contributed by atoms with E-state index in [1.54, 1.807) is 26.0 Å². The molecule has 3 aromatic rings. The molecular weight excluding hydrogens is 454 g/mol. The number of benzene rings is 2. The van der Waals surface area contributed by atoms with E-state index in [2.05, 4.69) is 10.3 Å². The van der Waals surface area contributed by atoms with E-state index in [9.17, 15) is 13.2 Å². The average molecular weight is 478 g/mol. The Morgan fingerprint density at radius 3 is 2.48 bits per heavy atom. The van der Waals surface area contributed by atoms with E-state index >= 15 is 0 Å². The first kappa shape index (κ1) is 23.4. The first-order valence-corrected chi connectivity index (χ1v) is 12.6. The summed E-state index contributed by atoms with van der Waals surface area (Å²) in [4.78, 5) is 17.1. The number of rotatable bonds is 9. The molecule has 1 N–H and O–H groups in total. The van der Waals surface area contributed by atoms with Crippen LogP contribution < -0.4 is 5.32 Å². The summed E-state index contributed by atoms with van der Waals surface area (Å²) >= 11 is 7.53. The summed E-state index contributed by atoms with van der Waals surface area (Å²) in [5, 5.41) is 6.26. The quantitative estimate of drug-likeness (QED) is 0.488. The van der Waals surface area contributed by atoms with Gasteiger partial charge in [0.1, 0.15) is 0 Å². The van der Waals surface area contributed by atoms with Gasteiger partial charge in [-0.2, -0.15) is 4.31 Å². The summed E-state index contributed by atoms with van der Waals surface area (Å²) in [6.07, 6.45) is 0.806. The fourth-order valence-corrected chi connectivity index (χ4v) is 5.62. The maximum atomic E-state index is 12.5. The lowest BCUT2D eigenvalue weighted by molar-refractivity contribution is -0.115. The number of hydrogen-bond donors (Lipinski definition) is 1. The molecule has 6 nitrogen and oxygen atoms in total. The molecule has 0 aliphatic heterocycles. The molecule has 1 heterocycles. The minimum absolute atomic E-state index is 0.144. The van der Waals surface area contributed by atoms with Crippen molar-refractivity contribution in [1.82, 2.24) is 9.29 Å². The zero-order chi connectivity index (χ0) is 22.4. The van der Waals surface area contributed by atoms with Crippen LogP contribution in [-0.4, -0.2) is 36.7 Å². The number of nitrogens with zero attached hydrogens (tertiary/aromatic N) is 2. The Balaban J connectivity index is 1.59. The summed E-state index contributed by atoms with van der Waals surface area (Å²) in [5.74, 6) is -0.209. The van der Waals surface area contributed by atoms with Crippen molar-refractivity contribution >= 4 is 44.6 Å². The van der Waals surface area contributed by atoms with Crippen molar-refractivity contribution in [3.8, 4) is 0 Å². The predicted molar refractivity (Wildman–Crippen MR) is 125 cm³/mol. The second-order valence-corrected chi connectivity index (χ2v) is 10.2. The Morgan fingerprint density at radius 1 is 1.13 bits per heavy atom. The van der Waals surface area contributed by atoms with Crippen LogP contribution in [-0.2, 0) is 27.7 Å². The van der Waals surface area contributed by atoms with Gasteiger partial charge >= 0.3 is 0 Å². The maximum Gasteiger partial charge on any atom is 0.243 e. The number of hydrogen-bond acceptors (Lipinski definition) is 5. The Labute approximate surface area is 191 Å². The lowest BCUT2D eigenvalue weighted by atomic mass is 10.2. The standard InChI is InChI=1S/C22H24ClN3O3S2/c1-3-26(4-2)31(28,29)20-10-8-18(9-11-20)24-21(27)14-19-15-30-22(25-19)13-16-6-5-7-17(23)12-16/h5-12,15H,3-4,13-14H2,1-2H3,(H,24,27). The molecule has 0 fully saturated rings. The molecule has 0 aliphatic rings. The van der Waals surface area contributed by atoms with Crippen LogP contribution in [0, 0.1) is 0 Å². The number of carbonyl (C=O) groups excluding carboxylic acids is 1. The summed E-state index contributed by atoms with van der Waals surface area (Å²) < 4.78 is 26.5. The van der Waals surface area contributed by atoms with E-state index in [1.807, 2.05) is 29.6 Å². The minimum atomic E-state index is -3.52. The van der Waals surface area contributed by atoms with Crippen LogP contribution in [0.5, 0.6) is 0 Å². The number of carbonyl (C=O) groups is 1. The van der Waals surface area contributed by atoms with Crippen molar-refractivity contribution in [2.45, 2.75) is 31.6 Å². The van der Waals surface area contributed by atoms with Crippen molar-refractivity contribution < 1.29 is 13.2 Å². The van der Waals surface area contributed by atoms with Gasteiger partial charge in [-0.25, -0.2) is 13.4 Å². The van der Waals surface area contributed by atoms with Gasteiger partial charge in [-0.3, -0.25) is 4.79 Å². The van der Waals surface area contributed by atoms with Crippen LogP contribution in [0.3, 0.4) is 0 Å². The zero-order valence-electron chi connectivity index (χ0n) is 17.3. The summed E-state index contributed by atoms with van der Waals surface area (Å²) in [6.45, 7) is 4.41. The topological polar surface area (TPSA) is 79.4 Å². The highest BCUT2D eigenvalue weighted by Crippen LogP contribution is 2.20. The van der Waals surface area contributed by atoms with Gasteiger partial charge in [-0.1, -0.05) is 37.6 Å². The second kappa shape index (κ2) is 10.4. The van der Waals surface area contributed by atoms with Crippen molar-refractivity contribution in [2.75, 3.05) is 18.4 Å². The molecule has 0 bridgehead atoms. The highest BCUT2D eigenvalue weighted by Gasteiger charge is 2.21. The predicted octanol–water partition coefficient (Wildman–Crippen LogP) is 4.60. The van der Waals surface area contributed by atoms with Crippen molar-refractivity contribution in [3.63, 3.8) is 0 Å². The molecule has 0 radical (unpaired) electrons. The molecule has 0 unspecified atom stereocenters. The lowest BCUT2D eigenvalue weighted by Gasteiger charge is -2.18. The average Bonchev–Trinajstić information content (AvgIpc) is 3.15. The molecule has 0 aliphatic carbocycles. The normalized spacial score (nSPS) is 11.6. The fraction of sp³-hybridized carbons (Fsp3) is 0.273. The van der Waals surface area contributed by atoms with E-state index in [1.165, 1.54) is 27.8 Å². The molecule has 164 valence electrons. The number of halogens is 1. The Bertz CT molecular complexity index is 1140. The van der Waals surface area contributed by atoms with E-state index in [4.69, 9.17) is 11.6 Å². The third kappa shape index (κ3) is 6.13. The van der Waals surface area contributed by atoms with Crippen LogP contribution in [0.2, 0.25) is 5.02 Å². The number of aromatic nitrogens is 1. The van der Waals surface area contributed by atoms with Crippen LogP contribution in [0.25, 0.3) is 0 Å². The molecule has 0 atom stereocenters. The molecular formula is C22H24ClN3O3S2. The highest BCUT2D eigenvalue weighted by atomic mass is 35.5. The molecule has 1 amide bonds. The molecule has 0 saturated carbocycles. The Hall–Kier alpha value is -2.26.